The molecule has 4 heteroatoms. The third kappa shape index (κ3) is 3.46. The number of fused-ring (bicyclic) bond motifs is 1. The van der Waals surface area contributed by atoms with Crippen LogP contribution in [-0.4, -0.2) is 23.5 Å². The van der Waals surface area contributed by atoms with Gasteiger partial charge in [0.2, 0.25) is 5.91 Å². The second kappa shape index (κ2) is 5.59. The van der Waals surface area contributed by atoms with E-state index in [1.165, 1.54) is 12.0 Å². The number of nitrogens with zero attached hydrogens (tertiary/aromatic N) is 1. The van der Waals surface area contributed by atoms with E-state index in [2.05, 4.69) is 27.8 Å². The van der Waals surface area contributed by atoms with Gasteiger partial charge in [-0.25, -0.2) is 4.98 Å². The minimum absolute atomic E-state index is 0.193. The molecule has 2 aliphatic rings. The molecule has 0 atom stereocenters. The Balaban J connectivity index is 1.47. The van der Waals surface area contributed by atoms with Crippen LogP contribution in [0.1, 0.15) is 43.4 Å². The molecule has 0 spiro atoms. The molecule has 4 nitrogen and oxygen atoms in total. The minimum atomic E-state index is 0.193. The van der Waals surface area contributed by atoms with Crippen LogP contribution in [0.2, 0.25) is 0 Å². The van der Waals surface area contributed by atoms with Crippen molar-refractivity contribution in [3.05, 3.63) is 23.4 Å². The number of pyridine rings is 1. The van der Waals surface area contributed by atoms with Crippen molar-refractivity contribution in [1.29, 1.82) is 0 Å². The molecule has 1 aromatic rings. The molecular formula is C15H21N3O. The molecule has 1 aliphatic heterocycles. The second-order valence-electron chi connectivity index (χ2n) is 5.54. The Bertz CT molecular complexity index is 468. The zero-order valence-corrected chi connectivity index (χ0v) is 11.2. The number of carbonyl (C=O) groups is 1. The van der Waals surface area contributed by atoms with Crippen LogP contribution < -0.4 is 10.6 Å². The van der Waals surface area contributed by atoms with E-state index in [-0.39, 0.29) is 5.91 Å². The number of aromatic nitrogens is 1. The van der Waals surface area contributed by atoms with Crippen molar-refractivity contribution in [2.45, 2.75) is 51.0 Å². The summed E-state index contributed by atoms with van der Waals surface area (Å²) in [6.07, 6.45) is 7.00. The maximum Gasteiger partial charge on any atom is 0.220 e. The van der Waals surface area contributed by atoms with Crippen LogP contribution in [-0.2, 0) is 17.6 Å². The average molecular weight is 259 g/mol. The van der Waals surface area contributed by atoms with Crippen molar-refractivity contribution < 1.29 is 4.79 Å². The van der Waals surface area contributed by atoms with E-state index >= 15 is 0 Å². The minimum Gasteiger partial charge on any atom is -0.370 e. The number of anilines is 1. The van der Waals surface area contributed by atoms with Gasteiger partial charge in [-0.1, -0.05) is 6.07 Å². The molecule has 0 aromatic carbocycles. The normalized spacial score (nSPS) is 17.5. The summed E-state index contributed by atoms with van der Waals surface area (Å²) in [6, 6.07) is 4.75. The van der Waals surface area contributed by atoms with Gasteiger partial charge in [-0.2, -0.15) is 0 Å². The fraction of sp³-hybridized carbons (Fsp3) is 0.600. The summed E-state index contributed by atoms with van der Waals surface area (Å²) in [4.78, 5) is 16.2. The number of aryl methyl sites for hydroxylation is 2. The van der Waals surface area contributed by atoms with Gasteiger partial charge in [-0.05, 0) is 50.2 Å². The van der Waals surface area contributed by atoms with Gasteiger partial charge in [0.15, 0.2) is 0 Å². The van der Waals surface area contributed by atoms with Crippen LogP contribution in [0.5, 0.6) is 0 Å². The molecule has 0 radical (unpaired) electrons. The first-order valence-electron chi connectivity index (χ1n) is 7.33. The zero-order valence-electron chi connectivity index (χ0n) is 11.2. The zero-order chi connectivity index (χ0) is 13.1. The average Bonchev–Trinajstić information content (AvgIpc) is 3.22. The van der Waals surface area contributed by atoms with E-state index in [1.807, 2.05) is 0 Å². The number of nitrogens with one attached hydrogen (secondary N) is 2. The molecule has 102 valence electrons. The number of rotatable bonds is 5. The Morgan fingerprint density at radius 2 is 2.32 bits per heavy atom. The van der Waals surface area contributed by atoms with Gasteiger partial charge < -0.3 is 10.6 Å². The maximum absolute atomic E-state index is 11.6. The van der Waals surface area contributed by atoms with Crippen molar-refractivity contribution >= 4 is 11.7 Å². The third-order valence-electron chi connectivity index (χ3n) is 3.73. The number of hydrogen-bond acceptors (Lipinski definition) is 3. The van der Waals surface area contributed by atoms with Crippen LogP contribution in [0.15, 0.2) is 12.1 Å². The second-order valence-corrected chi connectivity index (χ2v) is 5.54. The van der Waals surface area contributed by atoms with Crippen LogP contribution in [0.25, 0.3) is 0 Å². The van der Waals surface area contributed by atoms with Crippen LogP contribution in [0.4, 0.5) is 5.82 Å². The Kier molecular flexibility index (Phi) is 3.67. The van der Waals surface area contributed by atoms with E-state index in [0.717, 1.165) is 50.2 Å². The van der Waals surface area contributed by atoms with Crippen molar-refractivity contribution in [3.63, 3.8) is 0 Å². The fourth-order valence-corrected chi connectivity index (χ4v) is 2.47. The molecule has 19 heavy (non-hydrogen) atoms. The van der Waals surface area contributed by atoms with Crippen LogP contribution >= 0.6 is 0 Å². The van der Waals surface area contributed by atoms with E-state index in [9.17, 15) is 4.79 Å². The van der Waals surface area contributed by atoms with Gasteiger partial charge in [0.1, 0.15) is 5.82 Å². The first kappa shape index (κ1) is 12.5. The lowest BCUT2D eigenvalue weighted by Crippen LogP contribution is -2.25. The molecule has 0 unspecified atom stereocenters. The van der Waals surface area contributed by atoms with Crippen LogP contribution in [0.3, 0.4) is 0 Å². The van der Waals surface area contributed by atoms with Crippen LogP contribution in [0, 0.1) is 0 Å². The van der Waals surface area contributed by atoms with Gasteiger partial charge >= 0.3 is 0 Å². The number of hydrogen-bond donors (Lipinski definition) is 2. The monoisotopic (exact) mass is 259 g/mol. The quantitative estimate of drug-likeness (QED) is 0.851. The van der Waals surface area contributed by atoms with E-state index in [4.69, 9.17) is 0 Å². The number of carbonyl (C=O) groups excluding carboxylic acids is 1. The van der Waals surface area contributed by atoms with Gasteiger partial charge in [0, 0.05) is 24.7 Å². The topological polar surface area (TPSA) is 54.0 Å². The molecule has 1 amide bonds. The fourth-order valence-electron chi connectivity index (χ4n) is 2.47. The SMILES string of the molecule is O=C(CCCc1ccc2c(n1)NCCC2)NC1CC1. The largest absolute Gasteiger partial charge is 0.370 e. The summed E-state index contributed by atoms with van der Waals surface area (Å²) < 4.78 is 0. The molecule has 3 rings (SSSR count). The van der Waals surface area contributed by atoms with Crippen molar-refractivity contribution in [1.82, 2.24) is 10.3 Å². The smallest absolute Gasteiger partial charge is 0.220 e. The summed E-state index contributed by atoms with van der Waals surface area (Å²) in [5.41, 5.74) is 2.41. The highest BCUT2D eigenvalue weighted by Gasteiger charge is 2.22. The highest BCUT2D eigenvalue weighted by atomic mass is 16.1. The van der Waals surface area contributed by atoms with Gasteiger partial charge in [-0.3, -0.25) is 4.79 Å². The Hall–Kier alpha value is -1.58. The lowest BCUT2D eigenvalue weighted by atomic mass is 10.1. The highest BCUT2D eigenvalue weighted by molar-refractivity contribution is 5.76. The van der Waals surface area contributed by atoms with E-state index in [1.54, 1.807) is 0 Å². The van der Waals surface area contributed by atoms with Crippen molar-refractivity contribution in [2.24, 2.45) is 0 Å². The summed E-state index contributed by atoms with van der Waals surface area (Å²) in [5.74, 6) is 1.24. The van der Waals surface area contributed by atoms with Gasteiger partial charge in [0.25, 0.3) is 0 Å². The van der Waals surface area contributed by atoms with Gasteiger partial charge in [0.05, 0.1) is 0 Å². The van der Waals surface area contributed by atoms with E-state index < -0.39 is 0 Å². The highest BCUT2D eigenvalue weighted by Crippen LogP contribution is 2.21. The molecule has 0 bridgehead atoms. The summed E-state index contributed by atoms with van der Waals surface area (Å²) >= 11 is 0. The summed E-state index contributed by atoms with van der Waals surface area (Å²) in [7, 11) is 0. The maximum atomic E-state index is 11.6. The predicted molar refractivity (Wildman–Crippen MR) is 75.2 cm³/mol. The Morgan fingerprint density at radius 1 is 1.42 bits per heavy atom. The molecule has 2 heterocycles. The van der Waals surface area contributed by atoms with Crippen molar-refractivity contribution in [3.8, 4) is 0 Å². The first-order chi connectivity index (χ1) is 9.31. The predicted octanol–water partition coefficient (Wildman–Crippen LogP) is 2.04. The Morgan fingerprint density at radius 3 is 3.16 bits per heavy atom. The lowest BCUT2D eigenvalue weighted by molar-refractivity contribution is -0.121. The lowest BCUT2D eigenvalue weighted by Gasteiger charge is -2.17. The molecule has 0 saturated heterocycles. The molecule has 1 aromatic heterocycles. The van der Waals surface area contributed by atoms with Crippen molar-refractivity contribution in [2.75, 3.05) is 11.9 Å². The Labute approximate surface area is 114 Å². The van der Waals surface area contributed by atoms with E-state index in [0.29, 0.717) is 12.5 Å². The summed E-state index contributed by atoms with van der Waals surface area (Å²) in [5, 5.41) is 6.36. The summed E-state index contributed by atoms with van der Waals surface area (Å²) in [6.45, 7) is 1.02. The molecular weight excluding hydrogens is 238 g/mol. The third-order valence-corrected chi connectivity index (χ3v) is 3.73. The number of amides is 1. The standard InChI is InChI=1S/C15H21N3O/c19-14(17-13-8-9-13)5-1-4-12-7-6-11-3-2-10-16-15(11)18-12/h6-7,13H,1-5,8-10H2,(H,16,18)(H,17,19). The molecule has 1 fully saturated rings. The van der Waals surface area contributed by atoms with Gasteiger partial charge in [-0.15, -0.1) is 0 Å². The molecule has 1 aliphatic carbocycles. The first-order valence-corrected chi connectivity index (χ1v) is 7.33. The molecule has 1 saturated carbocycles. The molecule has 2 N–H and O–H groups in total.